The summed E-state index contributed by atoms with van der Waals surface area (Å²) in [7, 11) is 0. The molecule has 0 saturated heterocycles. The SMILES string of the molecule is C#CC(CNC(=O)NNc1ccc(-n2ccnc2)nn1)CC(C)(C)C. The molecule has 8 nitrogen and oxygen atoms in total. The molecule has 25 heavy (non-hydrogen) atoms. The van der Waals surface area contributed by atoms with E-state index in [1.165, 1.54) is 0 Å². The zero-order chi connectivity index (χ0) is 18.3. The van der Waals surface area contributed by atoms with E-state index >= 15 is 0 Å². The van der Waals surface area contributed by atoms with Crippen molar-refractivity contribution >= 4 is 11.8 Å². The van der Waals surface area contributed by atoms with Crippen molar-refractivity contribution in [1.29, 1.82) is 0 Å². The number of hydrogen-bond acceptors (Lipinski definition) is 5. The van der Waals surface area contributed by atoms with Crippen LogP contribution in [0.3, 0.4) is 0 Å². The lowest BCUT2D eigenvalue weighted by Gasteiger charge is -2.22. The number of rotatable bonds is 6. The van der Waals surface area contributed by atoms with Crippen LogP contribution in [0.1, 0.15) is 27.2 Å². The molecule has 8 heteroatoms. The molecule has 0 aliphatic heterocycles. The monoisotopic (exact) mass is 341 g/mol. The second kappa shape index (κ2) is 8.15. The highest BCUT2D eigenvalue weighted by molar-refractivity contribution is 5.75. The first-order chi connectivity index (χ1) is 11.9. The first kappa shape index (κ1) is 18.3. The maximum Gasteiger partial charge on any atom is 0.333 e. The van der Waals surface area contributed by atoms with Crippen molar-refractivity contribution < 1.29 is 4.79 Å². The largest absolute Gasteiger partial charge is 0.335 e. The third-order valence-corrected chi connectivity index (χ3v) is 3.33. The van der Waals surface area contributed by atoms with Gasteiger partial charge in [-0.05, 0) is 24.0 Å². The summed E-state index contributed by atoms with van der Waals surface area (Å²) in [5.74, 6) is 3.75. The molecular weight excluding hydrogens is 318 g/mol. The van der Waals surface area contributed by atoms with E-state index in [-0.39, 0.29) is 17.4 Å². The van der Waals surface area contributed by atoms with Crippen LogP contribution in [0.2, 0.25) is 0 Å². The Morgan fingerprint density at radius 2 is 2.16 bits per heavy atom. The van der Waals surface area contributed by atoms with Gasteiger partial charge in [-0.3, -0.25) is 15.4 Å². The third-order valence-electron chi connectivity index (χ3n) is 3.33. The van der Waals surface area contributed by atoms with Crippen molar-refractivity contribution in [2.45, 2.75) is 27.2 Å². The van der Waals surface area contributed by atoms with Gasteiger partial charge in [-0.15, -0.1) is 22.5 Å². The molecule has 0 spiro atoms. The van der Waals surface area contributed by atoms with Crippen LogP contribution in [0.25, 0.3) is 5.82 Å². The van der Waals surface area contributed by atoms with Crippen molar-refractivity contribution in [2.75, 3.05) is 12.0 Å². The second-order valence-corrected chi connectivity index (χ2v) is 6.84. The lowest BCUT2D eigenvalue weighted by atomic mass is 9.85. The molecule has 3 N–H and O–H groups in total. The number of hydrogen-bond donors (Lipinski definition) is 3. The maximum absolute atomic E-state index is 11.8. The molecule has 0 radical (unpaired) electrons. The van der Waals surface area contributed by atoms with Gasteiger partial charge in [0.15, 0.2) is 11.6 Å². The van der Waals surface area contributed by atoms with Crippen molar-refractivity contribution in [3.8, 4) is 18.2 Å². The number of anilines is 1. The van der Waals surface area contributed by atoms with Gasteiger partial charge in [0, 0.05) is 24.9 Å². The summed E-state index contributed by atoms with van der Waals surface area (Å²) in [5.41, 5.74) is 5.31. The van der Waals surface area contributed by atoms with E-state index in [0.29, 0.717) is 18.2 Å². The summed E-state index contributed by atoms with van der Waals surface area (Å²) in [4.78, 5) is 15.8. The van der Waals surface area contributed by atoms with E-state index in [9.17, 15) is 4.79 Å². The number of imidazole rings is 1. The van der Waals surface area contributed by atoms with E-state index in [2.05, 4.69) is 58.0 Å². The Balaban J connectivity index is 1.77. The Bertz CT molecular complexity index is 711. The number of terminal acetylenes is 1. The van der Waals surface area contributed by atoms with Crippen molar-refractivity contribution in [2.24, 2.45) is 11.3 Å². The average molecular weight is 341 g/mol. The topological polar surface area (TPSA) is 96.8 Å². The molecule has 0 bridgehead atoms. The zero-order valence-corrected chi connectivity index (χ0v) is 14.7. The second-order valence-electron chi connectivity index (χ2n) is 6.84. The van der Waals surface area contributed by atoms with Gasteiger partial charge in [-0.1, -0.05) is 20.8 Å². The third kappa shape index (κ3) is 6.14. The van der Waals surface area contributed by atoms with Crippen LogP contribution in [0.4, 0.5) is 10.6 Å². The van der Waals surface area contributed by atoms with Gasteiger partial charge in [-0.25, -0.2) is 9.78 Å². The molecule has 1 unspecified atom stereocenters. The zero-order valence-electron chi connectivity index (χ0n) is 14.7. The van der Waals surface area contributed by atoms with Crippen molar-refractivity contribution in [3.63, 3.8) is 0 Å². The molecular formula is C17H23N7O. The number of aromatic nitrogens is 4. The first-order valence-corrected chi connectivity index (χ1v) is 7.95. The quantitative estimate of drug-likeness (QED) is 0.551. The van der Waals surface area contributed by atoms with E-state index in [0.717, 1.165) is 6.42 Å². The summed E-state index contributed by atoms with van der Waals surface area (Å²) in [5, 5.41) is 10.8. The Hall–Kier alpha value is -3.08. The van der Waals surface area contributed by atoms with Crippen LogP contribution in [0.5, 0.6) is 0 Å². The summed E-state index contributed by atoms with van der Waals surface area (Å²) < 4.78 is 1.73. The van der Waals surface area contributed by atoms with Gasteiger partial charge in [0.1, 0.15) is 6.33 Å². The Morgan fingerprint density at radius 3 is 2.72 bits per heavy atom. The standard InChI is InChI=1S/C17H23N7O/c1-5-13(10-17(2,3)4)11-19-16(25)23-21-14-6-7-15(22-20-14)24-9-8-18-12-24/h1,6-9,12-13H,10-11H2,2-4H3,(H,20,21)(H2,19,23,25). The van der Waals surface area contributed by atoms with Gasteiger partial charge in [0.05, 0.1) is 0 Å². The summed E-state index contributed by atoms with van der Waals surface area (Å²) in [6, 6.07) is 3.08. The molecule has 1 atom stereocenters. The molecule has 2 aromatic rings. The minimum Gasteiger partial charge on any atom is -0.335 e. The van der Waals surface area contributed by atoms with Crippen molar-refractivity contribution in [1.82, 2.24) is 30.5 Å². The molecule has 0 aromatic carbocycles. The van der Waals surface area contributed by atoms with Crippen LogP contribution in [0.15, 0.2) is 30.9 Å². The van der Waals surface area contributed by atoms with E-state index in [1.807, 2.05) is 0 Å². The predicted octanol–water partition coefficient (Wildman–Crippen LogP) is 1.97. The summed E-state index contributed by atoms with van der Waals surface area (Å²) >= 11 is 0. The molecule has 2 rings (SSSR count). The van der Waals surface area contributed by atoms with Gasteiger partial charge in [-0.2, -0.15) is 0 Å². The lowest BCUT2D eigenvalue weighted by molar-refractivity contribution is 0.239. The van der Waals surface area contributed by atoms with Crippen LogP contribution < -0.4 is 16.2 Å². The molecule has 0 fully saturated rings. The highest BCUT2D eigenvalue weighted by atomic mass is 16.2. The molecule has 0 saturated carbocycles. The lowest BCUT2D eigenvalue weighted by Crippen LogP contribution is -2.41. The Morgan fingerprint density at radius 1 is 1.36 bits per heavy atom. The number of nitrogens with zero attached hydrogens (tertiary/aromatic N) is 4. The van der Waals surface area contributed by atoms with Crippen molar-refractivity contribution in [3.05, 3.63) is 30.9 Å². The average Bonchev–Trinajstić information content (AvgIpc) is 3.10. The Labute approximate surface area is 147 Å². The minimum atomic E-state index is -0.380. The number of carbonyl (C=O) groups excluding carboxylic acids is 1. The highest BCUT2D eigenvalue weighted by Gasteiger charge is 2.17. The van der Waals surface area contributed by atoms with Gasteiger partial charge in [0.25, 0.3) is 0 Å². The van der Waals surface area contributed by atoms with Gasteiger partial charge >= 0.3 is 6.03 Å². The maximum atomic E-state index is 11.8. The van der Waals surface area contributed by atoms with E-state index < -0.39 is 0 Å². The van der Waals surface area contributed by atoms with Crippen LogP contribution >= 0.6 is 0 Å². The van der Waals surface area contributed by atoms with Crippen LogP contribution in [-0.2, 0) is 0 Å². The molecule has 132 valence electrons. The normalized spacial score (nSPS) is 12.1. The van der Waals surface area contributed by atoms with Gasteiger partial charge < -0.3 is 5.32 Å². The summed E-state index contributed by atoms with van der Waals surface area (Å²) in [6.07, 6.45) is 11.4. The first-order valence-electron chi connectivity index (χ1n) is 7.95. The fourth-order valence-corrected chi connectivity index (χ4v) is 2.23. The molecule has 2 heterocycles. The van der Waals surface area contributed by atoms with E-state index in [1.54, 1.807) is 35.4 Å². The van der Waals surface area contributed by atoms with Crippen LogP contribution in [0, 0.1) is 23.7 Å². The summed E-state index contributed by atoms with van der Waals surface area (Å²) in [6.45, 7) is 6.76. The number of nitrogens with one attached hydrogen (secondary N) is 3. The minimum absolute atomic E-state index is 0.0139. The Kier molecular flexibility index (Phi) is 5.95. The number of urea groups is 1. The van der Waals surface area contributed by atoms with E-state index in [4.69, 9.17) is 6.42 Å². The van der Waals surface area contributed by atoms with Gasteiger partial charge in [0.2, 0.25) is 0 Å². The molecule has 0 aliphatic rings. The predicted molar refractivity (Wildman–Crippen MR) is 95.7 cm³/mol. The molecule has 2 aromatic heterocycles. The van der Waals surface area contributed by atoms with Crippen LogP contribution in [-0.4, -0.2) is 32.3 Å². The highest BCUT2D eigenvalue weighted by Crippen LogP contribution is 2.23. The number of amides is 2. The molecule has 0 aliphatic carbocycles. The number of hydrazine groups is 1. The fourth-order valence-electron chi connectivity index (χ4n) is 2.23. The molecule has 2 amide bonds. The number of carbonyl (C=O) groups is 1. The smallest absolute Gasteiger partial charge is 0.333 e. The fraction of sp³-hybridized carbons (Fsp3) is 0.412.